The number of nitrogens with two attached hydrogens (primary N) is 1. The highest BCUT2D eigenvalue weighted by Gasteiger charge is 2.13. The van der Waals surface area contributed by atoms with E-state index >= 15 is 0 Å². The second kappa shape index (κ2) is 5.73. The van der Waals surface area contributed by atoms with Gasteiger partial charge in [0.05, 0.1) is 17.5 Å². The van der Waals surface area contributed by atoms with Crippen molar-refractivity contribution in [2.24, 2.45) is 0 Å². The summed E-state index contributed by atoms with van der Waals surface area (Å²) in [6.07, 6.45) is -0.456. The zero-order chi connectivity index (χ0) is 13.9. The Balaban J connectivity index is 3.05. The lowest BCUT2D eigenvalue weighted by Crippen LogP contribution is -2.28. The molecule has 0 spiro atoms. The number of aliphatic hydroxyl groups is 1. The second-order valence-electron chi connectivity index (χ2n) is 4.70. The number of rotatable bonds is 4. The maximum Gasteiger partial charge on any atom is 0.253 e. The van der Waals surface area contributed by atoms with Gasteiger partial charge in [0.2, 0.25) is 0 Å². The van der Waals surface area contributed by atoms with Gasteiger partial charge in [-0.15, -0.1) is 0 Å². The third kappa shape index (κ3) is 3.37. The average molecular weight is 251 g/mol. The lowest BCUT2D eigenvalue weighted by molar-refractivity contribution is 0.0827. The Labute approximate surface area is 108 Å². The van der Waals surface area contributed by atoms with E-state index in [9.17, 15) is 9.90 Å². The van der Waals surface area contributed by atoms with Gasteiger partial charge < -0.3 is 20.6 Å². The van der Waals surface area contributed by atoms with E-state index in [-0.39, 0.29) is 5.91 Å². The molecule has 5 nitrogen and oxygen atoms in total. The molecule has 1 rings (SSSR count). The molecule has 0 aliphatic heterocycles. The van der Waals surface area contributed by atoms with Gasteiger partial charge in [-0.1, -0.05) is 0 Å². The van der Waals surface area contributed by atoms with Crippen molar-refractivity contribution in [1.82, 2.24) is 4.90 Å². The number of aliphatic hydroxyl groups excluding tert-OH is 1. The van der Waals surface area contributed by atoms with E-state index in [2.05, 4.69) is 0 Å². The zero-order valence-corrected chi connectivity index (χ0v) is 11.3. The van der Waals surface area contributed by atoms with Crippen LogP contribution in [0.5, 0.6) is 0 Å². The predicted molar refractivity (Wildman–Crippen MR) is 73.8 cm³/mol. The van der Waals surface area contributed by atoms with Gasteiger partial charge in [0.15, 0.2) is 0 Å². The van der Waals surface area contributed by atoms with E-state index in [4.69, 9.17) is 5.73 Å². The number of likely N-dealkylation sites (N-methyl/N-ethyl adjacent to an activating group) is 1. The molecule has 0 saturated carbocycles. The van der Waals surface area contributed by atoms with E-state index < -0.39 is 6.10 Å². The quantitative estimate of drug-likeness (QED) is 0.776. The Morgan fingerprint density at radius 2 is 2.00 bits per heavy atom. The Morgan fingerprint density at radius 3 is 2.50 bits per heavy atom. The third-order valence-corrected chi connectivity index (χ3v) is 2.63. The molecule has 0 saturated heterocycles. The van der Waals surface area contributed by atoms with Crippen molar-refractivity contribution < 1.29 is 9.90 Å². The third-order valence-electron chi connectivity index (χ3n) is 2.63. The van der Waals surface area contributed by atoms with Crippen LogP contribution in [0.4, 0.5) is 11.4 Å². The van der Waals surface area contributed by atoms with Crippen LogP contribution in [0.25, 0.3) is 0 Å². The molecule has 1 atom stereocenters. The topological polar surface area (TPSA) is 69.8 Å². The van der Waals surface area contributed by atoms with Gasteiger partial charge in [0.25, 0.3) is 5.91 Å². The van der Waals surface area contributed by atoms with Crippen LogP contribution in [-0.2, 0) is 0 Å². The number of anilines is 2. The molecule has 0 radical (unpaired) electrons. The van der Waals surface area contributed by atoms with Crippen molar-refractivity contribution in [1.29, 1.82) is 0 Å². The highest BCUT2D eigenvalue weighted by molar-refractivity contribution is 5.96. The smallest absolute Gasteiger partial charge is 0.253 e. The molecule has 18 heavy (non-hydrogen) atoms. The molecule has 0 aromatic heterocycles. The van der Waals surface area contributed by atoms with Gasteiger partial charge in [-0.05, 0) is 25.1 Å². The first-order chi connectivity index (χ1) is 8.32. The molecular weight excluding hydrogens is 230 g/mol. The molecule has 1 aromatic rings. The maximum atomic E-state index is 11.9. The molecule has 1 unspecified atom stereocenters. The van der Waals surface area contributed by atoms with E-state index in [0.29, 0.717) is 17.8 Å². The van der Waals surface area contributed by atoms with Crippen LogP contribution in [-0.4, -0.2) is 49.7 Å². The fourth-order valence-corrected chi connectivity index (χ4v) is 1.76. The lowest BCUT2D eigenvalue weighted by atomic mass is 10.1. The molecule has 0 aliphatic carbocycles. The number of hydrogen-bond acceptors (Lipinski definition) is 4. The Hall–Kier alpha value is -1.75. The summed E-state index contributed by atoms with van der Waals surface area (Å²) in [5, 5.41) is 9.38. The number of nitrogens with zero attached hydrogens (tertiary/aromatic N) is 2. The summed E-state index contributed by atoms with van der Waals surface area (Å²) in [7, 11) is 5.25. The van der Waals surface area contributed by atoms with Crippen molar-refractivity contribution in [3.05, 3.63) is 23.8 Å². The largest absolute Gasteiger partial charge is 0.397 e. The highest BCUT2D eigenvalue weighted by atomic mass is 16.3. The zero-order valence-electron chi connectivity index (χ0n) is 11.3. The van der Waals surface area contributed by atoms with Crippen LogP contribution < -0.4 is 10.6 Å². The van der Waals surface area contributed by atoms with Crippen LogP contribution in [0.2, 0.25) is 0 Å². The lowest BCUT2D eigenvalue weighted by Gasteiger charge is -2.23. The van der Waals surface area contributed by atoms with Crippen LogP contribution in [0.15, 0.2) is 18.2 Å². The molecule has 0 fully saturated rings. The first-order valence-corrected chi connectivity index (χ1v) is 5.83. The van der Waals surface area contributed by atoms with E-state index in [1.54, 1.807) is 39.2 Å². The minimum absolute atomic E-state index is 0.0679. The van der Waals surface area contributed by atoms with Gasteiger partial charge in [0, 0.05) is 33.3 Å². The molecule has 0 heterocycles. The summed E-state index contributed by atoms with van der Waals surface area (Å²) in [6, 6.07) is 5.17. The minimum Gasteiger partial charge on any atom is -0.397 e. The van der Waals surface area contributed by atoms with Gasteiger partial charge in [-0.2, -0.15) is 0 Å². The van der Waals surface area contributed by atoms with Crippen LogP contribution >= 0.6 is 0 Å². The normalized spacial score (nSPS) is 12.1. The minimum atomic E-state index is -0.456. The number of carbonyl (C=O) groups excluding carboxylic acids is 1. The molecule has 3 N–H and O–H groups in total. The second-order valence-corrected chi connectivity index (χ2v) is 4.70. The van der Waals surface area contributed by atoms with Crippen molar-refractivity contribution in [3.63, 3.8) is 0 Å². The van der Waals surface area contributed by atoms with E-state index in [1.165, 1.54) is 4.90 Å². The summed E-state index contributed by atoms with van der Waals surface area (Å²) in [5.74, 6) is -0.0679. The molecule has 5 heteroatoms. The van der Waals surface area contributed by atoms with E-state index in [0.717, 1.165) is 5.69 Å². The number of benzene rings is 1. The average Bonchev–Trinajstić information content (AvgIpc) is 2.27. The van der Waals surface area contributed by atoms with Crippen LogP contribution in [0.3, 0.4) is 0 Å². The first kappa shape index (κ1) is 14.3. The number of hydrogen-bond donors (Lipinski definition) is 2. The Morgan fingerprint density at radius 1 is 1.39 bits per heavy atom. The predicted octanol–water partition coefficient (Wildman–Crippen LogP) is 0.788. The summed E-state index contributed by atoms with van der Waals surface area (Å²) in [5.41, 5.74) is 7.82. The molecule has 1 aromatic carbocycles. The van der Waals surface area contributed by atoms with Crippen molar-refractivity contribution in [3.8, 4) is 0 Å². The van der Waals surface area contributed by atoms with Gasteiger partial charge in [0.1, 0.15) is 0 Å². The number of amides is 1. The molecule has 0 aliphatic rings. The Kier molecular flexibility index (Phi) is 4.55. The van der Waals surface area contributed by atoms with Gasteiger partial charge >= 0.3 is 0 Å². The van der Waals surface area contributed by atoms with Crippen molar-refractivity contribution in [2.45, 2.75) is 13.0 Å². The molecule has 0 bridgehead atoms. The SMILES string of the molecule is CC(O)CN(C)c1cc(C(=O)N(C)C)ccc1N. The highest BCUT2D eigenvalue weighted by Crippen LogP contribution is 2.24. The Bertz CT molecular complexity index is 430. The number of nitrogen functional groups attached to an aromatic ring is 1. The van der Waals surface area contributed by atoms with Crippen LogP contribution in [0, 0.1) is 0 Å². The molecular formula is C13H21N3O2. The van der Waals surface area contributed by atoms with Crippen molar-refractivity contribution in [2.75, 3.05) is 38.3 Å². The summed E-state index contributed by atoms with van der Waals surface area (Å²) in [4.78, 5) is 15.2. The summed E-state index contributed by atoms with van der Waals surface area (Å²) < 4.78 is 0. The number of carbonyl (C=O) groups is 1. The van der Waals surface area contributed by atoms with Crippen LogP contribution in [0.1, 0.15) is 17.3 Å². The van der Waals surface area contributed by atoms with Gasteiger partial charge in [-0.25, -0.2) is 0 Å². The summed E-state index contributed by atoms with van der Waals surface area (Å²) >= 11 is 0. The van der Waals surface area contributed by atoms with Gasteiger partial charge in [-0.3, -0.25) is 4.79 Å². The fraction of sp³-hybridized carbons (Fsp3) is 0.462. The monoisotopic (exact) mass is 251 g/mol. The maximum absolute atomic E-state index is 11.9. The fourth-order valence-electron chi connectivity index (χ4n) is 1.76. The van der Waals surface area contributed by atoms with E-state index in [1.807, 2.05) is 11.9 Å². The summed E-state index contributed by atoms with van der Waals surface area (Å²) in [6.45, 7) is 2.17. The standard InChI is InChI=1S/C13H21N3O2/c1-9(17)8-16(4)12-7-10(5-6-11(12)14)13(18)15(2)3/h5-7,9,17H,8,14H2,1-4H3. The molecule has 1 amide bonds. The molecule has 100 valence electrons. The van der Waals surface area contributed by atoms with Crippen molar-refractivity contribution >= 4 is 17.3 Å². The first-order valence-electron chi connectivity index (χ1n) is 5.83.